The minimum Gasteiger partial charge on any atom is -0.208 e. The van der Waals surface area contributed by atoms with Crippen molar-refractivity contribution in [3.63, 3.8) is 0 Å². The maximum atomic E-state index is 12.1. The molecule has 0 radical (unpaired) electrons. The van der Waals surface area contributed by atoms with Crippen LogP contribution >= 0.6 is 43.5 Å². The Morgan fingerprint density at radius 2 is 2.06 bits per heavy atom. The number of hydrogen-bond donors (Lipinski definition) is 1. The van der Waals surface area contributed by atoms with Crippen LogP contribution in [0.15, 0.2) is 32.0 Å². The summed E-state index contributed by atoms with van der Waals surface area (Å²) >= 11 is 12.1. The molecule has 0 aliphatic heterocycles. The number of sulfonamides is 1. The van der Waals surface area contributed by atoms with E-state index < -0.39 is 10.0 Å². The van der Waals surface area contributed by atoms with Crippen molar-refractivity contribution in [2.24, 2.45) is 0 Å². The van der Waals surface area contributed by atoms with Gasteiger partial charge in [0.25, 0.3) is 0 Å². The number of rotatable bonds is 5. The highest BCUT2D eigenvalue weighted by atomic mass is 79.9. The van der Waals surface area contributed by atoms with E-state index in [1.165, 1.54) is 0 Å². The van der Waals surface area contributed by atoms with Crippen molar-refractivity contribution in [2.75, 3.05) is 5.88 Å². The van der Waals surface area contributed by atoms with E-state index >= 15 is 0 Å². The van der Waals surface area contributed by atoms with Crippen LogP contribution in [0.1, 0.15) is 13.3 Å². The Morgan fingerprint density at radius 1 is 1.41 bits per heavy atom. The second kappa shape index (κ2) is 6.52. The first-order chi connectivity index (χ1) is 7.86. The molecule has 3 nitrogen and oxygen atoms in total. The Kier molecular flexibility index (Phi) is 5.92. The van der Waals surface area contributed by atoms with Crippen LogP contribution in [-0.4, -0.2) is 20.3 Å². The van der Waals surface area contributed by atoms with E-state index in [4.69, 9.17) is 11.6 Å². The van der Waals surface area contributed by atoms with E-state index in [2.05, 4.69) is 36.6 Å². The van der Waals surface area contributed by atoms with Gasteiger partial charge in [0.1, 0.15) is 0 Å². The topological polar surface area (TPSA) is 46.2 Å². The van der Waals surface area contributed by atoms with Gasteiger partial charge in [-0.05, 0) is 47.5 Å². The third kappa shape index (κ3) is 4.52. The van der Waals surface area contributed by atoms with Gasteiger partial charge in [-0.15, -0.1) is 11.6 Å². The summed E-state index contributed by atoms with van der Waals surface area (Å²) in [6, 6.07) is 4.82. The molecule has 1 aromatic rings. The molecule has 0 aliphatic carbocycles. The zero-order valence-electron chi connectivity index (χ0n) is 9.08. The van der Waals surface area contributed by atoms with E-state index in [0.29, 0.717) is 21.2 Å². The zero-order chi connectivity index (χ0) is 13.1. The van der Waals surface area contributed by atoms with Crippen LogP contribution in [0.2, 0.25) is 0 Å². The van der Waals surface area contributed by atoms with E-state index in [1.54, 1.807) is 25.1 Å². The lowest BCUT2D eigenvalue weighted by atomic mass is 10.3. The average molecular weight is 406 g/mol. The van der Waals surface area contributed by atoms with Crippen LogP contribution in [0.5, 0.6) is 0 Å². The van der Waals surface area contributed by atoms with E-state index in [9.17, 15) is 8.42 Å². The molecule has 17 heavy (non-hydrogen) atoms. The fraction of sp³-hybridized carbons (Fsp3) is 0.400. The Hall–Kier alpha value is 0.380. The summed E-state index contributed by atoms with van der Waals surface area (Å²) in [5.74, 6) is 0.420. The van der Waals surface area contributed by atoms with Crippen molar-refractivity contribution in [1.82, 2.24) is 4.72 Å². The van der Waals surface area contributed by atoms with Crippen LogP contribution in [0.25, 0.3) is 0 Å². The van der Waals surface area contributed by atoms with E-state index in [1.807, 2.05) is 0 Å². The number of halogens is 3. The molecule has 0 saturated heterocycles. The van der Waals surface area contributed by atoms with E-state index in [-0.39, 0.29) is 10.9 Å². The summed E-state index contributed by atoms with van der Waals surface area (Å²) in [7, 11) is -3.52. The lowest BCUT2D eigenvalue weighted by molar-refractivity contribution is 0.556. The highest BCUT2D eigenvalue weighted by Crippen LogP contribution is 2.25. The van der Waals surface area contributed by atoms with Gasteiger partial charge < -0.3 is 0 Å². The second-order valence-corrected chi connectivity index (χ2v) is 7.41. The smallest absolute Gasteiger partial charge is 0.208 e. The molecule has 1 aromatic carbocycles. The van der Waals surface area contributed by atoms with Crippen molar-refractivity contribution in [3.05, 3.63) is 27.1 Å². The van der Waals surface area contributed by atoms with Gasteiger partial charge in [-0.2, -0.15) is 0 Å². The summed E-state index contributed by atoms with van der Waals surface area (Å²) in [6.07, 6.45) is 0.590. The minimum atomic E-state index is -3.52. The number of benzene rings is 1. The van der Waals surface area contributed by atoms with Gasteiger partial charge in [0.05, 0.1) is 4.90 Å². The summed E-state index contributed by atoms with van der Waals surface area (Å²) in [5.41, 5.74) is 0. The molecule has 1 N–H and O–H groups in total. The number of alkyl halides is 1. The molecule has 0 spiro atoms. The lowest BCUT2D eigenvalue weighted by Crippen LogP contribution is -2.33. The number of hydrogen-bond acceptors (Lipinski definition) is 2. The maximum absolute atomic E-state index is 12.1. The zero-order valence-corrected chi connectivity index (χ0v) is 13.8. The molecule has 0 heterocycles. The number of nitrogens with one attached hydrogen (secondary N) is 1. The fourth-order valence-electron chi connectivity index (χ4n) is 1.23. The van der Waals surface area contributed by atoms with Crippen LogP contribution < -0.4 is 4.72 Å². The van der Waals surface area contributed by atoms with Crippen molar-refractivity contribution in [3.8, 4) is 0 Å². The van der Waals surface area contributed by atoms with Gasteiger partial charge in [-0.3, -0.25) is 0 Å². The summed E-state index contributed by atoms with van der Waals surface area (Å²) in [4.78, 5) is 0.216. The molecule has 7 heteroatoms. The molecule has 0 fully saturated rings. The molecule has 0 aromatic heterocycles. The molecule has 0 saturated carbocycles. The van der Waals surface area contributed by atoms with E-state index in [0.717, 1.165) is 0 Å². The van der Waals surface area contributed by atoms with Crippen molar-refractivity contribution >= 4 is 53.5 Å². The molecule has 0 bridgehead atoms. The first-order valence-corrected chi connectivity index (χ1v) is 8.50. The summed E-state index contributed by atoms with van der Waals surface area (Å²) in [5, 5.41) is 0. The third-order valence-electron chi connectivity index (χ3n) is 2.08. The van der Waals surface area contributed by atoms with Gasteiger partial charge >= 0.3 is 0 Å². The third-order valence-corrected chi connectivity index (χ3v) is 5.38. The van der Waals surface area contributed by atoms with Gasteiger partial charge in [-0.1, -0.05) is 15.9 Å². The standard InChI is InChI=1S/C10H12Br2ClNO2S/c1-7(4-5-13)14-17(15,16)10-6-8(11)2-3-9(10)12/h2-3,6-7,14H,4-5H2,1H3. The summed E-state index contributed by atoms with van der Waals surface area (Å²) in [6.45, 7) is 1.78. The maximum Gasteiger partial charge on any atom is 0.241 e. The molecule has 1 rings (SSSR count). The molecule has 0 amide bonds. The van der Waals surface area contributed by atoms with Gasteiger partial charge in [0.2, 0.25) is 10.0 Å². The molecule has 1 atom stereocenters. The Bertz CT molecular complexity index is 493. The van der Waals surface area contributed by atoms with Crippen LogP contribution in [-0.2, 0) is 10.0 Å². The SMILES string of the molecule is CC(CCCl)NS(=O)(=O)c1cc(Br)ccc1Br. The lowest BCUT2D eigenvalue weighted by Gasteiger charge is -2.14. The first-order valence-electron chi connectivity index (χ1n) is 4.90. The Balaban J connectivity index is 3.01. The van der Waals surface area contributed by atoms with Crippen LogP contribution in [0.4, 0.5) is 0 Å². The molecular formula is C10H12Br2ClNO2S. The Morgan fingerprint density at radius 3 is 2.65 bits per heavy atom. The van der Waals surface area contributed by atoms with Crippen LogP contribution in [0, 0.1) is 0 Å². The van der Waals surface area contributed by atoms with Gasteiger partial charge in [-0.25, -0.2) is 13.1 Å². The molecular weight excluding hydrogens is 393 g/mol. The monoisotopic (exact) mass is 403 g/mol. The highest BCUT2D eigenvalue weighted by molar-refractivity contribution is 9.11. The predicted molar refractivity (Wildman–Crippen MR) is 77.0 cm³/mol. The molecule has 0 aliphatic rings. The first kappa shape index (κ1) is 15.4. The highest BCUT2D eigenvalue weighted by Gasteiger charge is 2.20. The Labute approximate surface area is 123 Å². The van der Waals surface area contributed by atoms with Crippen molar-refractivity contribution in [2.45, 2.75) is 24.3 Å². The quantitative estimate of drug-likeness (QED) is 0.762. The van der Waals surface area contributed by atoms with Gasteiger partial charge in [0.15, 0.2) is 0 Å². The molecule has 1 unspecified atom stereocenters. The van der Waals surface area contributed by atoms with Crippen molar-refractivity contribution in [1.29, 1.82) is 0 Å². The largest absolute Gasteiger partial charge is 0.241 e. The fourth-order valence-corrected chi connectivity index (χ4v) is 4.34. The average Bonchev–Trinajstić information content (AvgIpc) is 2.21. The second-order valence-electron chi connectivity index (χ2n) is 3.57. The molecule has 96 valence electrons. The normalized spacial score (nSPS) is 13.6. The summed E-state index contributed by atoms with van der Waals surface area (Å²) < 4.78 is 28.0. The predicted octanol–water partition coefficient (Wildman–Crippen LogP) is 3.51. The van der Waals surface area contributed by atoms with Crippen molar-refractivity contribution < 1.29 is 8.42 Å². The van der Waals surface area contributed by atoms with Crippen LogP contribution in [0.3, 0.4) is 0 Å². The minimum absolute atomic E-state index is 0.191. The van der Waals surface area contributed by atoms with Gasteiger partial charge in [0, 0.05) is 20.9 Å².